The Morgan fingerprint density at radius 2 is 1.90 bits per heavy atom. The number of nitrogens with two attached hydrogens (primary N) is 1. The van der Waals surface area contributed by atoms with Crippen LogP contribution < -0.4 is 10.6 Å². The van der Waals surface area contributed by atoms with Gasteiger partial charge in [-0.2, -0.15) is 0 Å². The predicted molar refractivity (Wildman–Crippen MR) is 78.7 cm³/mol. The summed E-state index contributed by atoms with van der Waals surface area (Å²) < 4.78 is 0. The summed E-state index contributed by atoms with van der Waals surface area (Å²) in [6.45, 7) is 3.51. The Labute approximate surface area is 119 Å². The molecule has 1 amide bonds. The van der Waals surface area contributed by atoms with E-state index in [2.05, 4.69) is 0 Å². The lowest BCUT2D eigenvalue weighted by Crippen LogP contribution is -2.35. The van der Waals surface area contributed by atoms with Crippen molar-refractivity contribution < 1.29 is 14.7 Å². The molecule has 5 heteroatoms. The number of amides is 1. The number of carbonyl (C=O) groups is 2. The fraction of sp³-hybridized carbons (Fsp3) is 0.467. The number of benzene rings is 1. The van der Waals surface area contributed by atoms with Gasteiger partial charge in [-0.3, -0.25) is 9.59 Å². The minimum absolute atomic E-state index is 0.0510. The minimum Gasteiger partial charge on any atom is -0.480 e. The first-order valence-corrected chi connectivity index (χ1v) is 6.74. The summed E-state index contributed by atoms with van der Waals surface area (Å²) in [4.78, 5) is 24.4. The number of rotatable bonds is 7. The molecule has 0 radical (unpaired) electrons. The molecule has 0 spiro atoms. The fourth-order valence-corrected chi connectivity index (χ4v) is 1.89. The van der Waals surface area contributed by atoms with Gasteiger partial charge < -0.3 is 15.7 Å². The maximum absolute atomic E-state index is 12.2. The highest BCUT2D eigenvalue weighted by molar-refractivity contribution is 5.97. The molecule has 0 heterocycles. The molecule has 110 valence electrons. The number of carboxylic acids is 1. The van der Waals surface area contributed by atoms with Crippen LogP contribution in [0.4, 0.5) is 5.69 Å². The second kappa shape index (κ2) is 7.65. The third-order valence-electron chi connectivity index (χ3n) is 2.99. The Bertz CT molecular complexity index is 455. The Balaban J connectivity index is 2.75. The SMILES string of the molecule is Cc1ccc(N(CC(=O)O)C(=O)CCCC(C)N)cc1. The van der Waals surface area contributed by atoms with E-state index in [1.54, 1.807) is 12.1 Å². The molecule has 0 saturated heterocycles. The zero-order valence-electron chi connectivity index (χ0n) is 12.0. The van der Waals surface area contributed by atoms with Crippen molar-refractivity contribution in [3.05, 3.63) is 29.8 Å². The van der Waals surface area contributed by atoms with Crippen molar-refractivity contribution in [2.75, 3.05) is 11.4 Å². The number of aryl methyl sites for hydroxylation is 1. The molecular weight excluding hydrogens is 256 g/mol. The highest BCUT2D eigenvalue weighted by Crippen LogP contribution is 2.17. The molecule has 1 atom stereocenters. The normalized spacial score (nSPS) is 11.9. The van der Waals surface area contributed by atoms with E-state index in [-0.39, 0.29) is 18.5 Å². The van der Waals surface area contributed by atoms with Gasteiger partial charge in [0.25, 0.3) is 0 Å². The number of hydrogen-bond donors (Lipinski definition) is 2. The smallest absolute Gasteiger partial charge is 0.323 e. The molecule has 1 aromatic rings. The second-order valence-electron chi connectivity index (χ2n) is 5.08. The van der Waals surface area contributed by atoms with Gasteiger partial charge in [-0.05, 0) is 38.8 Å². The van der Waals surface area contributed by atoms with Crippen LogP contribution in [0.2, 0.25) is 0 Å². The van der Waals surface area contributed by atoms with E-state index >= 15 is 0 Å². The van der Waals surface area contributed by atoms with Crippen LogP contribution in [0, 0.1) is 6.92 Å². The highest BCUT2D eigenvalue weighted by atomic mass is 16.4. The van der Waals surface area contributed by atoms with Crippen LogP contribution >= 0.6 is 0 Å². The van der Waals surface area contributed by atoms with Crippen LogP contribution in [-0.2, 0) is 9.59 Å². The van der Waals surface area contributed by atoms with Crippen molar-refractivity contribution >= 4 is 17.6 Å². The number of aliphatic carboxylic acids is 1. The lowest BCUT2D eigenvalue weighted by atomic mass is 10.1. The molecule has 0 aromatic heterocycles. The van der Waals surface area contributed by atoms with Crippen LogP contribution in [0.25, 0.3) is 0 Å². The first-order valence-electron chi connectivity index (χ1n) is 6.74. The number of carboxylic acid groups (broad SMARTS) is 1. The minimum atomic E-state index is -1.02. The molecule has 1 rings (SSSR count). The van der Waals surface area contributed by atoms with Crippen molar-refractivity contribution in [2.45, 2.75) is 39.2 Å². The molecular formula is C15H22N2O3. The lowest BCUT2D eigenvalue weighted by Gasteiger charge is -2.21. The van der Waals surface area contributed by atoms with Gasteiger partial charge >= 0.3 is 5.97 Å². The Kier molecular flexibility index (Phi) is 6.18. The Hall–Kier alpha value is -1.88. The van der Waals surface area contributed by atoms with Gasteiger partial charge in [0.1, 0.15) is 6.54 Å². The molecule has 1 aromatic carbocycles. The van der Waals surface area contributed by atoms with E-state index in [1.807, 2.05) is 26.0 Å². The van der Waals surface area contributed by atoms with Gasteiger partial charge in [0.15, 0.2) is 0 Å². The quantitative estimate of drug-likeness (QED) is 0.798. The zero-order chi connectivity index (χ0) is 15.1. The Morgan fingerprint density at radius 1 is 1.30 bits per heavy atom. The topological polar surface area (TPSA) is 83.6 Å². The molecule has 5 nitrogen and oxygen atoms in total. The maximum Gasteiger partial charge on any atom is 0.323 e. The maximum atomic E-state index is 12.2. The van der Waals surface area contributed by atoms with Crippen molar-refractivity contribution in [1.82, 2.24) is 0 Å². The molecule has 1 unspecified atom stereocenters. The average molecular weight is 278 g/mol. The summed E-state index contributed by atoms with van der Waals surface area (Å²) in [6.07, 6.45) is 1.72. The van der Waals surface area contributed by atoms with E-state index in [0.717, 1.165) is 12.0 Å². The first kappa shape index (κ1) is 16.2. The van der Waals surface area contributed by atoms with Gasteiger partial charge in [0.05, 0.1) is 0 Å². The second-order valence-corrected chi connectivity index (χ2v) is 5.08. The molecule has 0 aliphatic rings. The number of anilines is 1. The van der Waals surface area contributed by atoms with E-state index in [0.29, 0.717) is 18.5 Å². The molecule has 3 N–H and O–H groups in total. The monoisotopic (exact) mass is 278 g/mol. The van der Waals surface area contributed by atoms with Gasteiger partial charge in [-0.1, -0.05) is 17.7 Å². The summed E-state index contributed by atoms with van der Waals surface area (Å²) >= 11 is 0. The number of carbonyl (C=O) groups excluding carboxylic acids is 1. The van der Waals surface area contributed by atoms with Gasteiger partial charge in [-0.25, -0.2) is 0 Å². The lowest BCUT2D eigenvalue weighted by molar-refractivity contribution is -0.136. The van der Waals surface area contributed by atoms with Crippen molar-refractivity contribution in [1.29, 1.82) is 0 Å². The first-order chi connectivity index (χ1) is 9.40. The molecule has 0 bridgehead atoms. The standard InChI is InChI=1S/C15H22N2O3/c1-11-6-8-13(9-7-11)17(10-15(19)20)14(18)5-3-4-12(2)16/h6-9,12H,3-5,10,16H2,1-2H3,(H,19,20). The summed E-state index contributed by atoms with van der Waals surface area (Å²) in [6, 6.07) is 7.30. The summed E-state index contributed by atoms with van der Waals surface area (Å²) in [5.41, 5.74) is 7.32. The van der Waals surface area contributed by atoms with Gasteiger partial charge in [0, 0.05) is 18.2 Å². The predicted octanol–water partition coefficient (Wildman–Crippen LogP) is 1.93. The van der Waals surface area contributed by atoms with E-state index in [9.17, 15) is 9.59 Å². The van der Waals surface area contributed by atoms with E-state index in [4.69, 9.17) is 10.8 Å². The molecule has 20 heavy (non-hydrogen) atoms. The zero-order valence-corrected chi connectivity index (χ0v) is 12.0. The molecule has 0 fully saturated rings. The third-order valence-corrected chi connectivity index (χ3v) is 2.99. The summed E-state index contributed by atoms with van der Waals surface area (Å²) in [5, 5.41) is 8.95. The van der Waals surface area contributed by atoms with Crippen molar-refractivity contribution in [3.63, 3.8) is 0 Å². The van der Waals surface area contributed by atoms with Crippen LogP contribution in [0.5, 0.6) is 0 Å². The average Bonchev–Trinajstić information content (AvgIpc) is 2.36. The number of hydrogen-bond acceptors (Lipinski definition) is 3. The van der Waals surface area contributed by atoms with Crippen LogP contribution in [0.15, 0.2) is 24.3 Å². The van der Waals surface area contributed by atoms with Gasteiger partial charge in [0.2, 0.25) is 5.91 Å². The highest BCUT2D eigenvalue weighted by Gasteiger charge is 2.18. The summed E-state index contributed by atoms with van der Waals surface area (Å²) in [7, 11) is 0. The van der Waals surface area contributed by atoms with Crippen LogP contribution in [0.3, 0.4) is 0 Å². The van der Waals surface area contributed by atoms with Crippen LogP contribution in [0.1, 0.15) is 31.7 Å². The largest absolute Gasteiger partial charge is 0.480 e. The van der Waals surface area contributed by atoms with Crippen molar-refractivity contribution in [2.24, 2.45) is 5.73 Å². The molecule has 0 saturated carbocycles. The molecule has 0 aliphatic carbocycles. The van der Waals surface area contributed by atoms with Gasteiger partial charge in [-0.15, -0.1) is 0 Å². The number of nitrogens with zero attached hydrogens (tertiary/aromatic N) is 1. The Morgan fingerprint density at radius 3 is 2.40 bits per heavy atom. The molecule has 0 aliphatic heterocycles. The van der Waals surface area contributed by atoms with E-state index < -0.39 is 5.97 Å². The summed E-state index contributed by atoms with van der Waals surface area (Å²) in [5.74, 6) is -1.21. The van der Waals surface area contributed by atoms with Crippen LogP contribution in [-0.4, -0.2) is 29.6 Å². The third kappa shape index (κ3) is 5.40. The fourth-order valence-electron chi connectivity index (χ4n) is 1.89. The van der Waals surface area contributed by atoms with Crippen molar-refractivity contribution in [3.8, 4) is 0 Å². The van der Waals surface area contributed by atoms with E-state index in [1.165, 1.54) is 4.90 Å².